The second-order valence-electron chi connectivity index (χ2n) is 8.46. The highest BCUT2D eigenvalue weighted by molar-refractivity contribution is 6.00. The maximum Gasteiger partial charge on any atom is 0.289 e. The van der Waals surface area contributed by atoms with E-state index in [1.165, 1.54) is 0 Å². The molecule has 1 amide bonds. The monoisotopic (exact) mass is 357 g/mol. The number of likely N-dealkylation sites (tertiary alicyclic amines) is 1. The van der Waals surface area contributed by atoms with Gasteiger partial charge in [-0.05, 0) is 51.7 Å². The van der Waals surface area contributed by atoms with E-state index >= 15 is 0 Å². The predicted molar refractivity (Wildman–Crippen MR) is 99.5 cm³/mol. The van der Waals surface area contributed by atoms with Crippen molar-refractivity contribution in [2.45, 2.75) is 58.7 Å². The number of carbonyl (C=O) groups is 1. The Bertz CT molecular complexity index is 859. The Morgan fingerprint density at radius 1 is 1.27 bits per heavy atom. The van der Waals surface area contributed by atoms with Crippen molar-refractivity contribution in [3.8, 4) is 5.75 Å². The second kappa shape index (κ2) is 6.02. The van der Waals surface area contributed by atoms with Gasteiger partial charge in [-0.25, -0.2) is 0 Å². The minimum atomic E-state index is -0.632. The minimum Gasteiger partial charge on any atom is -0.487 e. The molecular weight excluding hydrogens is 330 g/mol. The molecule has 4 rings (SSSR count). The van der Waals surface area contributed by atoms with E-state index in [-0.39, 0.29) is 5.91 Å². The molecule has 2 aliphatic heterocycles. The van der Waals surface area contributed by atoms with Crippen LogP contribution in [0.4, 0.5) is 0 Å². The Kier molecular flexibility index (Phi) is 4.03. The first kappa shape index (κ1) is 17.4. The van der Waals surface area contributed by atoms with Crippen LogP contribution in [-0.4, -0.2) is 34.6 Å². The predicted octanol–water partition coefficient (Wildman–Crippen LogP) is 4.21. The van der Waals surface area contributed by atoms with Crippen LogP contribution in [0.1, 0.15) is 67.8 Å². The summed E-state index contributed by atoms with van der Waals surface area (Å²) in [6.07, 6.45) is 1.94. The summed E-state index contributed by atoms with van der Waals surface area (Å²) in [5.41, 5.74) is 1.76. The van der Waals surface area contributed by atoms with Crippen LogP contribution in [0.5, 0.6) is 5.75 Å². The molecule has 0 saturated carbocycles. The Morgan fingerprint density at radius 2 is 1.96 bits per heavy atom. The van der Waals surface area contributed by atoms with Crippen LogP contribution in [0.15, 0.2) is 16.5 Å². The molecule has 26 heavy (non-hydrogen) atoms. The van der Waals surface area contributed by atoms with Crippen LogP contribution in [0.3, 0.4) is 0 Å². The van der Waals surface area contributed by atoms with Crippen LogP contribution >= 0.6 is 0 Å². The Labute approximate surface area is 153 Å². The number of benzene rings is 1. The third-order valence-electron chi connectivity index (χ3n) is 5.76. The zero-order valence-corrected chi connectivity index (χ0v) is 16.0. The van der Waals surface area contributed by atoms with E-state index in [2.05, 4.69) is 6.92 Å². The molecule has 0 unspecified atom stereocenters. The van der Waals surface area contributed by atoms with Gasteiger partial charge in [0.2, 0.25) is 0 Å². The molecule has 5 heteroatoms. The fourth-order valence-corrected chi connectivity index (χ4v) is 4.24. The first-order chi connectivity index (χ1) is 12.3. The molecule has 5 nitrogen and oxygen atoms in total. The van der Waals surface area contributed by atoms with Crippen molar-refractivity contribution >= 4 is 16.9 Å². The summed E-state index contributed by atoms with van der Waals surface area (Å²) in [4.78, 5) is 14.9. The van der Waals surface area contributed by atoms with Crippen molar-refractivity contribution in [2.24, 2.45) is 5.92 Å². The van der Waals surface area contributed by atoms with Crippen molar-refractivity contribution in [1.82, 2.24) is 4.90 Å². The van der Waals surface area contributed by atoms with Gasteiger partial charge >= 0.3 is 0 Å². The van der Waals surface area contributed by atoms with E-state index < -0.39 is 11.7 Å². The topological polar surface area (TPSA) is 62.9 Å². The highest BCUT2D eigenvalue weighted by atomic mass is 16.5. The normalized spacial score (nSPS) is 23.0. The van der Waals surface area contributed by atoms with Gasteiger partial charge in [-0.1, -0.05) is 6.92 Å². The molecule has 0 radical (unpaired) electrons. The number of carbonyl (C=O) groups excluding carboxylic acids is 1. The molecule has 1 N–H and O–H groups in total. The van der Waals surface area contributed by atoms with E-state index in [9.17, 15) is 9.90 Å². The number of furan rings is 1. The summed E-state index contributed by atoms with van der Waals surface area (Å²) in [5, 5.41) is 11.5. The largest absolute Gasteiger partial charge is 0.487 e. The van der Waals surface area contributed by atoms with Gasteiger partial charge in [0.15, 0.2) is 5.76 Å². The molecule has 3 heterocycles. The zero-order valence-electron chi connectivity index (χ0n) is 16.0. The first-order valence-electron chi connectivity index (χ1n) is 9.49. The lowest BCUT2D eigenvalue weighted by molar-refractivity contribution is 0.0126. The number of aliphatic hydroxyl groups is 1. The van der Waals surface area contributed by atoms with Gasteiger partial charge in [-0.15, -0.1) is 0 Å². The van der Waals surface area contributed by atoms with Crippen LogP contribution in [0, 0.1) is 12.8 Å². The Balaban J connectivity index is 1.76. The number of hydrogen-bond donors (Lipinski definition) is 1. The number of fused-ring (bicyclic) bond motifs is 3. The third kappa shape index (κ3) is 2.78. The number of aryl methyl sites for hydroxylation is 1. The quantitative estimate of drug-likeness (QED) is 0.830. The standard InChI is InChI=1S/C21H27NO4/c1-12-7-9-22(10-8-12)20(24)19-13(2)17-15(25-19)5-6-16-18(17)14(23)11-21(3,4)26-16/h5-6,12,14,23H,7-11H2,1-4H3/t14-/m0/s1. The molecule has 0 bridgehead atoms. The summed E-state index contributed by atoms with van der Waals surface area (Å²) in [6.45, 7) is 9.61. The second-order valence-corrected chi connectivity index (χ2v) is 8.46. The van der Waals surface area contributed by atoms with Crippen LogP contribution < -0.4 is 4.74 Å². The molecule has 1 atom stereocenters. The summed E-state index contributed by atoms with van der Waals surface area (Å²) in [5.74, 6) is 1.68. The van der Waals surface area contributed by atoms with Crippen molar-refractivity contribution in [2.75, 3.05) is 13.1 Å². The first-order valence-corrected chi connectivity index (χ1v) is 9.49. The van der Waals surface area contributed by atoms with Gasteiger partial charge in [-0.3, -0.25) is 4.79 Å². The van der Waals surface area contributed by atoms with Crippen LogP contribution in [0.2, 0.25) is 0 Å². The van der Waals surface area contributed by atoms with E-state index in [1.54, 1.807) is 0 Å². The molecule has 140 valence electrons. The zero-order chi connectivity index (χ0) is 18.6. The molecular formula is C21H27NO4. The highest BCUT2D eigenvalue weighted by Crippen LogP contribution is 2.45. The summed E-state index contributed by atoms with van der Waals surface area (Å²) < 4.78 is 12.0. The molecule has 2 aliphatic rings. The van der Waals surface area contributed by atoms with Crippen molar-refractivity contribution in [3.05, 3.63) is 29.0 Å². The van der Waals surface area contributed by atoms with Gasteiger partial charge in [-0.2, -0.15) is 0 Å². The third-order valence-corrected chi connectivity index (χ3v) is 5.76. The minimum absolute atomic E-state index is 0.0501. The summed E-state index contributed by atoms with van der Waals surface area (Å²) >= 11 is 0. The summed E-state index contributed by atoms with van der Waals surface area (Å²) in [7, 11) is 0. The molecule has 1 fully saturated rings. The van der Waals surface area contributed by atoms with Crippen molar-refractivity contribution < 1.29 is 19.1 Å². The maximum absolute atomic E-state index is 13.0. The van der Waals surface area contributed by atoms with Gasteiger partial charge in [0, 0.05) is 36.0 Å². The average Bonchev–Trinajstić information content (AvgIpc) is 2.90. The lowest BCUT2D eigenvalue weighted by Gasteiger charge is -2.35. The van der Waals surface area contributed by atoms with Crippen molar-refractivity contribution in [1.29, 1.82) is 0 Å². The van der Waals surface area contributed by atoms with Gasteiger partial charge in [0.05, 0.1) is 6.10 Å². The molecule has 0 spiro atoms. The maximum atomic E-state index is 13.0. The highest BCUT2D eigenvalue weighted by Gasteiger charge is 2.36. The molecule has 1 aromatic heterocycles. The number of hydrogen-bond acceptors (Lipinski definition) is 4. The fraction of sp³-hybridized carbons (Fsp3) is 0.571. The summed E-state index contributed by atoms with van der Waals surface area (Å²) in [6, 6.07) is 3.67. The van der Waals surface area contributed by atoms with Crippen LogP contribution in [0.25, 0.3) is 11.0 Å². The average molecular weight is 357 g/mol. The van der Waals surface area contributed by atoms with Gasteiger partial charge in [0.1, 0.15) is 16.9 Å². The molecule has 2 aromatic rings. The van der Waals surface area contributed by atoms with E-state index in [0.29, 0.717) is 29.4 Å². The lowest BCUT2D eigenvalue weighted by atomic mass is 9.89. The molecule has 0 aliphatic carbocycles. The number of amides is 1. The molecule has 1 saturated heterocycles. The number of rotatable bonds is 1. The SMILES string of the molecule is Cc1c(C(=O)N2CCC(C)CC2)oc2ccc3c(c12)[C@@H](O)CC(C)(C)O3. The lowest BCUT2D eigenvalue weighted by Crippen LogP contribution is -2.38. The van der Waals surface area contributed by atoms with Crippen molar-refractivity contribution in [3.63, 3.8) is 0 Å². The van der Waals surface area contributed by atoms with Gasteiger partial charge < -0.3 is 19.2 Å². The smallest absolute Gasteiger partial charge is 0.289 e. The number of nitrogens with zero attached hydrogens (tertiary/aromatic N) is 1. The molecule has 1 aromatic carbocycles. The van der Waals surface area contributed by atoms with E-state index in [0.717, 1.165) is 42.4 Å². The van der Waals surface area contributed by atoms with Gasteiger partial charge in [0.25, 0.3) is 5.91 Å². The van der Waals surface area contributed by atoms with E-state index in [1.807, 2.05) is 37.8 Å². The van der Waals surface area contributed by atoms with Crippen LogP contribution in [-0.2, 0) is 0 Å². The number of piperidine rings is 1. The fourth-order valence-electron chi connectivity index (χ4n) is 4.24. The Hall–Kier alpha value is -2.01. The Morgan fingerprint density at radius 3 is 2.65 bits per heavy atom. The number of ether oxygens (including phenoxy) is 1. The number of aliphatic hydroxyl groups excluding tert-OH is 1. The van der Waals surface area contributed by atoms with E-state index in [4.69, 9.17) is 9.15 Å².